The number of nitrogens with zero attached hydrogens (tertiary/aromatic N) is 1. The predicted molar refractivity (Wildman–Crippen MR) is 69.2 cm³/mol. The van der Waals surface area contributed by atoms with Crippen molar-refractivity contribution < 1.29 is 28.2 Å². The van der Waals surface area contributed by atoms with Gasteiger partial charge in [-0.05, 0) is 25.0 Å². The van der Waals surface area contributed by atoms with Gasteiger partial charge in [-0.2, -0.15) is 0 Å². The molecule has 0 bridgehead atoms. The van der Waals surface area contributed by atoms with Gasteiger partial charge in [0.15, 0.2) is 11.6 Å². The number of amides is 1. The van der Waals surface area contributed by atoms with Gasteiger partial charge in [-0.3, -0.25) is 9.59 Å². The summed E-state index contributed by atoms with van der Waals surface area (Å²) in [6, 6.07) is 1.73. The van der Waals surface area contributed by atoms with Crippen LogP contribution in [0.3, 0.4) is 0 Å². The molecule has 1 amide bonds. The molecule has 114 valence electrons. The first kappa shape index (κ1) is 15.2. The summed E-state index contributed by atoms with van der Waals surface area (Å²) in [5, 5.41) is 9.01. The van der Waals surface area contributed by atoms with Crippen LogP contribution in [0.15, 0.2) is 12.1 Å². The first-order valence-corrected chi connectivity index (χ1v) is 6.49. The Bertz CT molecular complexity index is 576. The third-order valence-corrected chi connectivity index (χ3v) is 3.53. The lowest BCUT2D eigenvalue weighted by Crippen LogP contribution is -2.42. The van der Waals surface area contributed by atoms with Crippen molar-refractivity contribution in [3.63, 3.8) is 0 Å². The second-order valence-corrected chi connectivity index (χ2v) is 4.87. The summed E-state index contributed by atoms with van der Waals surface area (Å²) in [6.45, 7) is 0.287. The summed E-state index contributed by atoms with van der Waals surface area (Å²) < 4.78 is 32.2. The van der Waals surface area contributed by atoms with E-state index < -0.39 is 40.7 Å². The Hall–Kier alpha value is -2.18. The number of rotatable bonds is 3. The van der Waals surface area contributed by atoms with Gasteiger partial charge in [0.05, 0.1) is 13.0 Å². The highest BCUT2D eigenvalue weighted by Gasteiger charge is 2.32. The minimum atomic E-state index is -1.00. The predicted octanol–water partition coefficient (Wildman–Crippen LogP) is 1.91. The van der Waals surface area contributed by atoms with Gasteiger partial charge in [0, 0.05) is 13.1 Å². The Morgan fingerprint density at radius 2 is 2.00 bits per heavy atom. The number of carbonyl (C=O) groups is 2. The molecule has 1 atom stereocenters. The van der Waals surface area contributed by atoms with Gasteiger partial charge in [-0.15, -0.1) is 0 Å². The van der Waals surface area contributed by atoms with Crippen molar-refractivity contribution in [1.82, 2.24) is 4.90 Å². The van der Waals surface area contributed by atoms with Crippen molar-refractivity contribution in [1.29, 1.82) is 0 Å². The van der Waals surface area contributed by atoms with Crippen LogP contribution in [0.4, 0.5) is 8.78 Å². The molecule has 5 nitrogen and oxygen atoms in total. The standard InChI is InChI=1S/C14H15F2NO4/c1-21-12-10(16)5-4-9(15)11(12)13(18)17-6-2-3-8(7-17)14(19)20/h4-5,8H,2-3,6-7H2,1H3,(H,19,20)/t8-/m0/s1. The number of carboxylic acids is 1. The first-order valence-electron chi connectivity index (χ1n) is 6.49. The van der Waals surface area contributed by atoms with Crippen LogP contribution < -0.4 is 4.74 Å². The largest absolute Gasteiger partial charge is 0.493 e. The van der Waals surface area contributed by atoms with Crippen molar-refractivity contribution in [3.8, 4) is 5.75 Å². The number of hydrogen-bond donors (Lipinski definition) is 1. The summed E-state index contributed by atoms with van der Waals surface area (Å²) in [6.07, 6.45) is 0.962. The first-order chi connectivity index (χ1) is 9.95. The maximum Gasteiger partial charge on any atom is 0.308 e. The lowest BCUT2D eigenvalue weighted by molar-refractivity contribution is -0.143. The van der Waals surface area contributed by atoms with Crippen molar-refractivity contribution in [2.24, 2.45) is 5.92 Å². The van der Waals surface area contributed by atoms with Gasteiger partial charge in [-0.25, -0.2) is 8.78 Å². The Balaban J connectivity index is 2.32. The van der Waals surface area contributed by atoms with E-state index in [0.717, 1.165) is 19.2 Å². The molecular weight excluding hydrogens is 284 g/mol. The molecule has 1 aromatic carbocycles. The van der Waals surface area contributed by atoms with Crippen LogP contribution in [0.2, 0.25) is 0 Å². The summed E-state index contributed by atoms with van der Waals surface area (Å²) >= 11 is 0. The monoisotopic (exact) mass is 299 g/mol. The van der Waals surface area contributed by atoms with Gasteiger partial charge in [-0.1, -0.05) is 0 Å². The van der Waals surface area contributed by atoms with E-state index in [0.29, 0.717) is 19.4 Å². The zero-order valence-corrected chi connectivity index (χ0v) is 11.4. The highest BCUT2D eigenvalue weighted by atomic mass is 19.1. The van der Waals surface area contributed by atoms with Gasteiger partial charge in [0.25, 0.3) is 5.91 Å². The fourth-order valence-corrected chi connectivity index (χ4v) is 2.45. The van der Waals surface area contributed by atoms with Crippen LogP contribution in [0.25, 0.3) is 0 Å². The molecular formula is C14H15F2NO4. The molecule has 0 aromatic heterocycles. The normalized spacial score (nSPS) is 18.4. The minimum absolute atomic E-state index is 0.0206. The van der Waals surface area contributed by atoms with Crippen molar-refractivity contribution in [2.45, 2.75) is 12.8 Å². The topological polar surface area (TPSA) is 66.8 Å². The zero-order chi connectivity index (χ0) is 15.6. The summed E-state index contributed by atoms with van der Waals surface area (Å²) in [5.41, 5.74) is -0.497. The number of carbonyl (C=O) groups excluding carboxylic acids is 1. The third-order valence-electron chi connectivity index (χ3n) is 3.53. The Morgan fingerprint density at radius 1 is 1.33 bits per heavy atom. The van der Waals surface area contributed by atoms with E-state index in [1.54, 1.807) is 0 Å². The van der Waals surface area contributed by atoms with Crippen molar-refractivity contribution >= 4 is 11.9 Å². The van der Waals surface area contributed by atoms with Crippen LogP contribution in [-0.2, 0) is 4.79 Å². The number of carboxylic acid groups (broad SMARTS) is 1. The molecule has 1 heterocycles. The molecule has 0 aliphatic carbocycles. The molecule has 7 heteroatoms. The Labute approximate surface area is 120 Å². The van der Waals surface area contributed by atoms with E-state index >= 15 is 0 Å². The van der Waals surface area contributed by atoms with Crippen LogP contribution in [0.5, 0.6) is 5.75 Å². The number of aliphatic carboxylic acids is 1. The highest BCUT2D eigenvalue weighted by molar-refractivity contribution is 5.97. The molecule has 21 heavy (non-hydrogen) atoms. The second-order valence-electron chi connectivity index (χ2n) is 4.87. The average Bonchev–Trinajstić information content (AvgIpc) is 2.48. The molecule has 1 aliphatic heterocycles. The molecule has 0 radical (unpaired) electrons. The third kappa shape index (κ3) is 2.96. The SMILES string of the molecule is COc1c(F)ccc(F)c1C(=O)N1CCC[C@H](C(=O)O)C1. The Morgan fingerprint density at radius 3 is 2.62 bits per heavy atom. The van der Waals surface area contributed by atoms with Crippen LogP contribution in [-0.4, -0.2) is 42.1 Å². The fraction of sp³-hybridized carbons (Fsp3) is 0.429. The number of benzene rings is 1. The van der Waals surface area contributed by atoms with Gasteiger partial charge < -0.3 is 14.7 Å². The molecule has 2 rings (SSSR count). The molecule has 0 spiro atoms. The smallest absolute Gasteiger partial charge is 0.308 e. The average molecular weight is 299 g/mol. The van der Waals surface area contributed by atoms with Crippen molar-refractivity contribution in [3.05, 3.63) is 29.3 Å². The van der Waals surface area contributed by atoms with E-state index in [1.165, 1.54) is 4.90 Å². The summed E-state index contributed by atoms with van der Waals surface area (Å²) in [5.74, 6) is -4.64. The lowest BCUT2D eigenvalue weighted by atomic mass is 9.97. The Kier molecular flexibility index (Phi) is 4.40. The molecule has 1 saturated heterocycles. The maximum absolute atomic E-state index is 13.9. The number of likely N-dealkylation sites (tertiary alicyclic amines) is 1. The molecule has 0 saturated carbocycles. The van der Waals surface area contributed by atoms with Crippen LogP contribution >= 0.6 is 0 Å². The number of ether oxygens (including phenoxy) is 1. The zero-order valence-electron chi connectivity index (χ0n) is 11.4. The number of halogens is 2. The molecule has 0 unspecified atom stereocenters. The van der Waals surface area contributed by atoms with E-state index in [-0.39, 0.29) is 6.54 Å². The molecule has 1 aromatic rings. The van der Waals surface area contributed by atoms with E-state index in [9.17, 15) is 18.4 Å². The van der Waals surface area contributed by atoms with Crippen LogP contribution in [0, 0.1) is 17.6 Å². The molecule has 1 aliphatic rings. The van der Waals surface area contributed by atoms with Gasteiger partial charge >= 0.3 is 5.97 Å². The van der Waals surface area contributed by atoms with Crippen LogP contribution in [0.1, 0.15) is 23.2 Å². The number of hydrogen-bond acceptors (Lipinski definition) is 3. The summed E-state index contributed by atoms with van der Waals surface area (Å²) in [4.78, 5) is 24.6. The van der Waals surface area contributed by atoms with E-state index in [2.05, 4.69) is 0 Å². The minimum Gasteiger partial charge on any atom is -0.493 e. The molecule has 1 N–H and O–H groups in total. The van der Waals surface area contributed by atoms with Gasteiger partial charge in [0.1, 0.15) is 11.4 Å². The number of methoxy groups -OCH3 is 1. The molecule has 1 fully saturated rings. The number of piperidine rings is 1. The van der Waals surface area contributed by atoms with E-state index in [1.807, 2.05) is 0 Å². The van der Waals surface area contributed by atoms with Crippen molar-refractivity contribution in [2.75, 3.05) is 20.2 Å². The van der Waals surface area contributed by atoms with E-state index in [4.69, 9.17) is 9.84 Å². The summed E-state index contributed by atoms with van der Waals surface area (Å²) in [7, 11) is 1.14. The quantitative estimate of drug-likeness (QED) is 0.926. The lowest BCUT2D eigenvalue weighted by Gasteiger charge is -2.31. The second kappa shape index (κ2) is 6.07. The van der Waals surface area contributed by atoms with Gasteiger partial charge in [0.2, 0.25) is 0 Å². The highest BCUT2D eigenvalue weighted by Crippen LogP contribution is 2.28. The maximum atomic E-state index is 13.9. The fourth-order valence-electron chi connectivity index (χ4n) is 2.45.